The van der Waals surface area contributed by atoms with Crippen LogP contribution < -0.4 is 4.74 Å². The first kappa shape index (κ1) is 15.3. The molecular formula is C17H26O3. The molecule has 112 valence electrons. The summed E-state index contributed by atoms with van der Waals surface area (Å²) in [5, 5.41) is 10.4. The van der Waals surface area contributed by atoms with E-state index in [0.717, 1.165) is 42.7 Å². The highest BCUT2D eigenvalue weighted by Gasteiger charge is 2.18. The number of rotatable bonds is 6. The molecule has 20 heavy (non-hydrogen) atoms. The van der Waals surface area contributed by atoms with Gasteiger partial charge in [0.2, 0.25) is 0 Å². The topological polar surface area (TPSA) is 38.7 Å². The summed E-state index contributed by atoms with van der Waals surface area (Å²) in [4.78, 5) is 0. The van der Waals surface area contributed by atoms with Gasteiger partial charge >= 0.3 is 0 Å². The maximum absolute atomic E-state index is 10.4. The summed E-state index contributed by atoms with van der Waals surface area (Å²) in [6.45, 7) is 5.49. The number of hydrogen-bond acceptors (Lipinski definition) is 3. The van der Waals surface area contributed by atoms with E-state index in [1.54, 1.807) is 0 Å². The number of aryl methyl sites for hydroxylation is 1. The second-order valence-electron chi connectivity index (χ2n) is 5.56. The quantitative estimate of drug-likeness (QED) is 0.860. The number of ether oxygens (including phenoxy) is 2. The number of aliphatic hydroxyl groups excluding tert-OH is 1. The molecule has 0 saturated carbocycles. The molecule has 1 heterocycles. The zero-order valence-corrected chi connectivity index (χ0v) is 12.6. The molecule has 1 aromatic carbocycles. The van der Waals surface area contributed by atoms with Crippen molar-refractivity contribution in [3.63, 3.8) is 0 Å². The lowest BCUT2D eigenvalue weighted by atomic mass is 9.97. The fourth-order valence-corrected chi connectivity index (χ4v) is 2.75. The SMILES string of the molecule is CCOc1ccc(C)cc1C(O)CCC1CCCCO1. The van der Waals surface area contributed by atoms with Crippen molar-refractivity contribution >= 4 is 0 Å². The van der Waals surface area contributed by atoms with Crippen molar-refractivity contribution < 1.29 is 14.6 Å². The Labute approximate surface area is 121 Å². The Hall–Kier alpha value is -1.06. The van der Waals surface area contributed by atoms with Gasteiger partial charge in [0.05, 0.1) is 18.8 Å². The lowest BCUT2D eigenvalue weighted by Gasteiger charge is -2.24. The smallest absolute Gasteiger partial charge is 0.125 e. The molecule has 2 rings (SSSR count). The van der Waals surface area contributed by atoms with Crippen LogP contribution in [0.1, 0.15) is 56.3 Å². The van der Waals surface area contributed by atoms with Crippen molar-refractivity contribution in [2.45, 2.75) is 58.2 Å². The Morgan fingerprint density at radius 1 is 1.40 bits per heavy atom. The highest BCUT2D eigenvalue weighted by atomic mass is 16.5. The van der Waals surface area contributed by atoms with Crippen LogP contribution in [0, 0.1) is 6.92 Å². The summed E-state index contributed by atoms with van der Waals surface area (Å²) in [6, 6.07) is 6.00. The van der Waals surface area contributed by atoms with Crippen molar-refractivity contribution in [2.24, 2.45) is 0 Å². The van der Waals surface area contributed by atoms with Crippen molar-refractivity contribution in [1.29, 1.82) is 0 Å². The molecule has 2 unspecified atom stereocenters. The summed E-state index contributed by atoms with van der Waals surface area (Å²) in [5.74, 6) is 0.801. The maximum atomic E-state index is 10.4. The first-order chi connectivity index (χ1) is 9.70. The Bertz CT molecular complexity index is 411. The molecule has 1 N–H and O–H groups in total. The van der Waals surface area contributed by atoms with Gasteiger partial charge in [0, 0.05) is 12.2 Å². The third kappa shape index (κ3) is 4.22. The Morgan fingerprint density at radius 2 is 2.25 bits per heavy atom. The van der Waals surface area contributed by atoms with Gasteiger partial charge in [-0.25, -0.2) is 0 Å². The fourth-order valence-electron chi connectivity index (χ4n) is 2.75. The standard InChI is InChI=1S/C17H26O3/c1-3-19-17-10-7-13(2)12-15(17)16(18)9-8-14-6-4-5-11-20-14/h7,10,12,14,16,18H,3-6,8-9,11H2,1-2H3. The van der Waals surface area contributed by atoms with Crippen LogP contribution in [0.5, 0.6) is 5.75 Å². The summed E-state index contributed by atoms with van der Waals surface area (Å²) >= 11 is 0. The van der Waals surface area contributed by atoms with E-state index in [2.05, 4.69) is 0 Å². The summed E-state index contributed by atoms with van der Waals surface area (Å²) in [5.41, 5.74) is 2.05. The third-order valence-electron chi connectivity index (χ3n) is 3.86. The molecule has 3 heteroatoms. The molecule has 1 aromatic rings. The molecule has 1 fully saturated rings. The lowest BCUT2D eigenvalue weighted by molar-refractivity contribution is 0.00195. The monoisotopic (exact) mass is 278 g/mol. The highest BCUT2D eigenvalue weighted by Crippen LogP contribution is 2.30. The second-order valence-corrected chi connectivity index (χ2v) is 5.56. The van der Waals surface area contributed by atoms with Crippen LogP contribution in [0.4, 0.5) is 0 Å². The number of aliphatic hydroxyl groups is 1. The van der Waals surface area contributed by atoms with Crippen molar-refractivity contribution in [1.82, 2.24) is 0 Å². The maximum Gasteiger partial charge on any atom is 0.125 e. The van der Waals surface area contributed by atoms with Gasteiger partial charge in [-0.2, -0.15) is 0 Å². The van der Waals surface area contributed by atoms with Crippen LogP contribution in [0.15, 0.2) is 18.2 Å². The van der Waals surface area contributed by atoms with Crippen LogP contribution >= 0.6 is 0 Å². The van der Waals surface area contributed by atoms with E-state index in [4.69, 9.17) is 9.47 Å². The average Bonchev–Trinajstić information content (AvgIpc) is 2.48. The Kier molecular flexibility index (Phi) is 5.86. The van der Waals surface area contributed by atoms with E-state index in [9.17, 15) is 5.11 Å². The van der Waals surface area contributed by atoms with Crippen molar-refractivity contribution in [2.75, 3.05) is 13.2 Å². The van der Waals surface area contributed by atoms with Gasteiger partial charge in [-0.05, 0) is 58.1 Å². The van der Waals surface area contributed by atoms with E-state index >= 15 is 0 Å². The zero-order valence-electron chi connectivity index (χ0n) is 12.6. The summed E-state index contributed by atoms with van der Waals surface area (Å²) < 4.78 is 11.3. The number of benzene rings is 1. The molecule has 3 nitrogen and oxygen atoms in total. The Balaban J connectivity index is 1.96. The normalized spacial score (nSPS) is 20.6. The van der Waals surface area contributed by atoms with Gasteiger partial charge in [-0.1, -0.05) is 11.6 Å². The molecular weight excluding hydrogens is 252 g/mol. The van der Waals surface area contributed by atoms with E-state index in [0.29, 0.717) is 12.7 Å². The predicted octanol–water partition coefficient (Wildman–Crippen LogP) is 3.78. The molecule has 2 atom stereocenters. The van der Waals surface area contributed by atoms with Crippen LogP contribution in [0.25, 0.3) is 0 Å². The van der Waals surface area contributed by atoms with Gasteiger partial charge < -0.3 is 14.6 Å². The summed E-state index contributed by atoms with van der Waals surface area (Å²) in [7, 11) is 0. The van der Waals surface area contributed by atoms with Crippen molar-refractivity contribution in [3.8, 4) is 5.75 Å². The Morgan fingerprint density at radius 3 is 2.95 bits per heavy atom. The molecule has 0 spiro atoms. The minimum Gasteiger partial charge on any atom is -0.493 e. The molecule has 1 aliphatic rings. The van der Waals surface area contributed by atoms with Crippen LogP contribution in [0.2, 0.25) is 0 Å². The first-order valence-electron chi connectivity index (χ1n) is 7.73. The van der Waals surface area contributed by atoms with Gasteiger partial charge in [-0.3, -0.25) is 0 Å². The molecule has 1 saturated heterocycles. The van der Waals surface area contributed by atoms with Gasteiger partial charge in [0.15, 0.2) is 0 Å². The van der Waals surface area contributed by atoms with E-state index in [1.807, 2.05) is 32.0 Å². The van der Waals surface area contributed by atoms with Crippen molar-refractivity contribution in [3.05, 3.63) is 29.3 Å². The summed E-state index contributed by atoms with van der Waals surface area (Å²) in [6.07, 6.45) is 5.04. The minimum absolute atomic E-state index is 0.318. The molecule has 0 aliphatic carbocycles. The molecule has 0 aromatic heterocycles. The second kappa shape index (κ2) is 7.65. The van der Waals surface area contributed by atoms with Gasteiger partial charge in [0.1, 0.15) is 5.75 Å². The van der Waals surface area contributed by atoms with Crippen LogP contribution in [0.3, 0.4) is 0 Å². The molecule has 0 bridgehead atoms. The van der Waals surface area contributed by atoms with E-state index in [1.165, 1.54) is 12.8 Å². The number of hydrogen-bond donors (Lipinski definition) is 1. The van der Waals surface area contributed by atoms with Crippen LogP contribution in [-0.4, -0.2) is 24.4 Å². The molecule has 1 aliphatic heterocycles. The molecule has 0 amide bonds. The largest absolute Gasteiger partial charge is 0.493 e. The molecule has 0 radical (unpaired) electrons. The zero-order chi connectivity index (χ0) is 14.4. The average molecular weight is 278 g/mol. The lowest BCUT2D eigenvalue weighted by Crippen LogP contribution is -2.19. The fraction of sp³-hybridized carbons (Fsp3) is 0.647. The first-order valence-corrected chi connectivity index (χ1v) is 7.73. The highest BCUT2D eigenvalue weighted by molar-refractivity contribution is 5.38. The predicted molar refractivity (Wildman–Crippen MR) is 80.1 cm³/mol. The van der Waals surface area contributed by atoms with Gasteiger partial charge in [0.25, 0.3) is 0 Å². The van der Waals surface area contributed by atoms with Crippen LogP contribution in [-0.2, 0) is 4.74 Å². The minimum atomic E-state index is -0.470. The van der Waals surface area contributed by atoms with E-state index in [-0.39, 0.29) is 0 Å². The van der Waals surface area contributed by atoms with E-state index < -0.39 is 6.10 Å². The van der Waals surface area contributed by atoms with Gasteiger partial charge in [-0.15, -0.1) is 0 Å². The third-order valence-corrected chi connectivity index (χ3v) is 3.86.